The van der Waals surface area contributed by atoms with Gasteiger partial charge in [0.25, 0.3) is 5.91 Å². The number of carbonyl (C=O) groups excluding carboxylic acids is 1. The van der Waals surface area contributed by atoms with Gasteiger partial charge in [-0.1, -0.05) is 28.9 Å². The lowest BCUT2D eigenvalue weighted by Gasteiger charge is -2.34. The number of rotatable bonds is 4. The molecule has 7 nitrogen and oxygen atoms in total. The fourth-order valence-corrected chi connectivity index (χ4v) is 3.46. The molecule has 1 amide bonds. The van der Waals surface area contributed by atoms with Crippen LogP contribution in [0.25, 0.3) is 11.4 Å². The molecule has 1 aliphatic rings. The van der Waals surface area contributed by atoms with Gasteiger partial charge in [-0.3, -0.25) is 9.69 Å². The molecule has 1 saturated heterocycles. The first-order valence-electron chi connectivity index (χ1n) is 9.43. The highest BCUT2D eigenvalue weighted by molar-refractivity contribution is 6.29. The highest BCUT2D eigenvalue weighted by Crippen LogP contribution is 2.31. The molecule has 1 fully saturated rings. The largest absolute Gasteiger partial charge is 0.416 e. The lowest BCUT2D eigenvalue weighted by molar-refractivity contribution is -0.137. The summed E-state index contributed by atoms with van der Waals surface area (Å²) in [5, 5.41) is 4.06. The number of hydrogen-bond acceptors (Lipinski definition) is 6. The maximum absolute atomic E-state index is 12.9. The van der Waals surface area contributed by atoms with Crippen molar-refractivity contribution in [3.05, 3.63) is 64.8 Å². The van der Waals surface area contributed by atoms with Gasteiger partial charge < -0.3 is 9.42 Å². The number of amides is 1. The number of nitrogens with zero attached hydrogens (tertiary/aromatic N) is 5. The zero-order valence-electron chi connectivity index (χ0n) is 16.1. The Bertz CT molecular complexity index is 1080. The summed E-state index contributed by atoms with van der Waals surface area (Å²) in [6, 6.07) is 7.94. The summed E-state index contributed by atoms with van der Waals surface area (Å²) in [7, 11) is 0. The van der Waals surface area contributed by atoms with Crippen LogP contribution in [0.4, 0.5) is 13.2 Å². The van der Waals surface area contributed by atoms with Crippen LogP contribution in [-0.4, -0.2) is 57.0 Å². The molecule has 0 spiro atoms. The Morgan fingerprint density at radius 2 is 1.90 bits per heavy atom. The van der Waals surface area contributed by atoms with Crippen LogP contribution in [0, 0.1) is 0 Å². The third kappa shape index (κ3) is 5.02. The lowest BCUT2D eigenvalue weighted by atomic mass is 10.1. The Morgan fingerprint density at radius 1 is 1.13 bits per heavy atom. The van der Waals surface area contributed by atoms with E-state index in [1.165, 1.54) is 24.4 Å². The summed E-state index contributed by atoms with van der Waals surface area (Å²) in [5.41, 5.74) is -0.0556. The molecule has 4 rings (SSSR count). The quantitative estimate of drug-likeness (QED) is 0.562. The first-order chi connectivity index (χ1) is 14.8. The van der Waals surface area contributed by atoms with Crippen molar-refractivity contribution >= 4 is 17.5 Å². The molecule has 0 unspecified atom stereocenters. The Hall–Kier alpha value is -2.98. The highest BCUT2D eigenvalue weighted by Gasteiger charge is 2.31. The van der Waals surface area contributed by atoms with Gasteiger partial charge in [0.2, 0.25) is 11.7 Å². The molecule has 31 heavy (non-hydrogen) atoms. The number of alkyl halides is 3. The molecule has 0 saturated carbocycles. The number of pyridine rings is 1. The van der Waals surface area contributed by atoms with Crippen LogP contribution in [0.15, 0.2) is 47.1 Å². The predicted octanol–water partition coefficient (Wildman–Crippen LogP) is 3.76. The van der Waals surface area contributed by atoms with Crippen LogP contribution in [0.5, 0.6) is 0 Å². The van der Waals surface area contributed by atoms with Crippen LogP contribution in [0.2, 0.25) is 5.15 Å². The topological polar surface area (TPSA) is 75.4 Å². The van der Waals surface area contributed by atoms with Gasteiger partial charge in [0, 0.05) is 43.5 Å². The maximum Gasteiger partial charge on any atom is 0.416 e. The van der Waals surface area contributed by atoms with Crippen molar-refractivity contribution in [1.29, 1.82) is 0 Å². The van der Waals surface area contributed by atoms with E-state index in [4.69, 9.17) is 16.1 Å². The van der Waals surface area contributed by atoms with Gasteiger partial charge in [0.05, 0.1) is 12.1 Å². The third-order valence-electron chi connectivity index (χ3n) is 4.91. The van der Waals surface area contributed by atoms with Crippen LogP contribution in [0.1, 0.15) is 21.8 Å². The molecule has 1 aliphatic heterocycles. The first-order valence-corrected chi connectivity index (χ1v) is 9.81. The van der Waals surface area contributed by atoms with E-state index < -0.39 is 11.7 Å². The Morgan fingerprint density at radius 3 is 2.61 bits per heavy atom. The van der Waals surface area contributed by atoms with E-state index in [9.17, 15) is 18.0 Å². The van der Waals surface area contributed by atoms with Crippen molar-refractivity contribution in [3.8, 4) is 11.4 Å². The highest BCUT2D eigenvalue weighted by atomic mass is 35.5. The van der Waals surface area contributed by atoms with Gasteiger partial charge in [-0.15, -0.1) is 0 Å². The van der Waals surface area contributed by atoms with Gasteiger partial charge in [-0.25, -0.2) is 4.98 Å². The monoisotopic (exact) mass is 451 g/mol. The molecule has 3 heterocycles. The zero-order valence-corrected chi connectivity index (χ0v) is 16.9. The molecule has 162 valence electrons. The second-order valence-electron chi connectivity index (χ2n) is 7.03. The van der Waals surface area contributed by atoms with E-state index >= 15 is 0 Å². The van der Waals surface area contributed by atoms with Gasteiger partial charge in [0.15, 0.2) is 0 Å². The number of aromatic nitrogens is 3. The van der Waals surface area contributed by atoms with Crippen molar-refractivity contribution < 1.29 is 22.5 Å². The van der Waals surface area contributed by atoms with E-state index in [0.717, 1.165) is 12.1 Å². The summed E-state index contributed by atoms with van der Waals surface area (Å²) in [4.78, 5) is 24.4. The van der Waals surface area contributed by atoms with Crippen molar-refractivity contribution in [2.75, 3.05) is 26.2 Å². The molecule has 11 heteroatoms. The van der Waals surface area contributed by atoms with Gasteiger partial charge in [-0.05, 0) is 24.3 Å². The Kier molecular flexibility index (Phi) is 5.92. The summed E-state index contributed by atoms with van der Waals surface area (Å²) in [6.07, 6.45) is -2.95. The zero-order chi connectivity index (χ0) is 22.0. The summed E-state index contributed by atoms with van der Waals surface area (Å²) in [6.45, 7) is 2.54. The molecular weight excluding hydrogens is 435 g/mol. The molecule has 1 aromatic carbocycles. The van der Waals surface area contributed by atoms with Crippen molar-refractivity contribution in [2.24, 2.45) is 0 Å². The van der Waals surface area contributed by atoms with Crippen LogP contribution in [0.3, 0.4) is 0 Å². The summed E-state index contributed by atoms with van der Waals surface area (Å²) in [5.74, 6) is 0.283. The second kappa shape index (κ2) is 8.64. The minimum absolute atomic E-state index is 0.101. The molecule has 3 aromatic rings. The smallest absolute Gasteiger partial charge is 0.338 e. The van der Waals surface area contributed by atoms with E-state index in [1.54, 1.807) is 11.0 Å². The normalized spacial score (nSPS) is 15.3. The van der Waals surface area contributed by atoms with Crippen molar-refractivity contribution in [2.45, 2.75) is 12.7 Å². The number of benzene rings is 1. The maximum atomic E-state index is 12.9. The molecule has 0 bridgehead atoms. The molecule has 0 radical (unpaired) electrons. The van der Waals surface area contributed by atoms with E-state index in [-0.39, 0.29) is 22.4 Å². The SMILES string of the molecule is O=C(c1ccnc(Cl)c1)N1CCN(Cc2nc(-c3cccc(C(F)(F)F)c3)no2)CC1. The molecule has 0 atom stereocenters. The van der Waals surface area contributed by atoms with Gasteiger partial charge in [-0.2, -0.15) is 18.2 Å². The lowest BCUT2D eigenvalue weighted by Crippen LogP contribution is -2.48. The van der Waals surface area contributed by atoms with Crippen LogP contribution < -0.4 is 0 Å². The number of halogens is 4. The second-order valence-corrected chi connectivity index (χ2v) is 7.41. The first kappa shape index (κ1) is 21.3. The van der Waals surface area contributed by atoms with Gasteiger partial charge in [0.1, 0.15) is 5.15 Å². The molecule has 2 aromatic heterocycles. The molecular formula is C20H17ClF3N5O2. The standard InChI is InChI=1S/C20H17ClF3N5O2/c21-16-11-14(4-5-25-16)19(30)29-8-6-28(7-9-29)12-17-26-18(27-31-17)13-2-1-3-15(10-13)20(22,23)24/h1-5,10-11H,6-9,12H2. The van der Waals surface area contributed by atoms with Crippen LogP contribution >= 0.6 is 11.6 Å². The molecule has 0 N–H and O–H groups in total. The average molecular weight is 452 g/mol. The summed E-state index contributed by atoms with van der Waals surface area (Å²) >= 11 is 5.85. The predicted molar refractivity (Wildman–Crippen MR) is 105 cm³/mol. The number of hydrogen-bond donors (Lipinski definition) is 0. The van der Waals surface area contributed by atoms with Crippen molar-refractivity contribution in [3.63, 3.8) is 0 Å². The van der Waals surface area contributed by atoms with Gasteiger partial charge >= 0.3 is 6.18 Å². The number of piperazine rings is 1. The minimum Gasteiger partial charge on any atom is -0.338 e. The van der Waals surface area contributed by atoms with E-state index in [2.05, 4.69) is 15.1 Å². The fourth-order valence-electron chi connectivity index (χ4n) is 3.29. The fraction of sp³-hybridized carbons (Fsp3) is 0.300. The van der Waals surface area contributed by atoms with Crippen molar-refractivity contribution in [1.82, 2.24) is 24.9 Å². The van der Waals surface area contributed by atoms with E-state index in [1.807, 2.05) is 4.90 Å². The Labute approximate surface area is 180 Å². The Balaban J connectivity index is 1.36. The molecule has 0 aliphatic carbocycles. The average Bonchev–Trinajstić information content (AvgIpc) is 3.22. The summed E-state index contributed by atoms with van der Waals surface area (Å²) < 4.78 is 43.9. The van der Waals surface area contributed by atoms with Crippen LogP contribution in [-0.2, 0) is 12.7 Å². The minimum atomic E-state index is -4.44. The van der Waals surface area contributed by atoms with E-state index in [0.29, 0.717) is 44.2 Å². The number of carbonyl (C=O) groups is 1. The third-order valence-corrected chi connectivity index (χ3v) is 5.11.